The first kappa shape index (κ1) is 20.8. The van der Waals surface area contributed by atoms with E-state index in [1.165, 1.54) is 11.8 Å². The van der Waals surface area contributed by atoms with Gasteiger partial charge in [-0.1, -0.05) is 54.2 Å². The standard InChI is InChI=1S/C23H23N3O2S2/c1-15-7-6-10-18(16(15)2)24-20(27)14-30-23-25-19-11-12-29-21(19)22(28)26(23)13-17-8-4-3-5-9-17/h3-10H,11-14H2,1-2H3,(H,24,27). The van der Waals surface area contributed by atoms with Gasteiger partial charge in [0.2, 0.25) is 5.91 Å². The maximum atomic E-state index is 13.1. The van der Waals surface area contributed by atoms with Gasteiger partial charge in [-0.15, -0.1) is 11.8 Å². The van der Waals surface area contributed by atoms with E-state index >= 15 is 0 Å². The summed E-state index contributed by atoms with van der Waals surface area (Å²) in [5.74, 6) is 0.967. The molecular formula is C23H23N3O2S2. The Labute approximate surface area is 184 Å². The fraction of sp³-hybridized carbons (Fsp3) is 0.261. The Morgan fingerprint density at radius 2 is 1.97 bits per heavy atom. The van der Waals surface area contributed by atoms with E-state index in [-0.39, 0.29) is 17.2 Å². The van der Waals surface area contributed by atoms with Gasteiger partial charge in [-0.25, -0.2) is 4.98 Å². The van der Waals surface area contributed by atoms with E-state index in [4.69, 9.17) is 4.98 Å². The Kier molecular flexibility index (Phi) is 6.29. The minimum absolute atomic E-state index is 0.0104. The summed E-state index contributed by atoms with van der Waals surface area (Å²) in [4.78, 5) is 31.2. The summed E-state index contributed by atoms with van der Waals surface area (Å²) in [7, 11) is 0. The number of amides is 1. The maximum absolute atomic E-state index is 13.1. The fourth-order valence-corrected chi connectivity index (χ4v) is 5.20. The molecule has 0 saturated carbocycles. The van der Waals surface area contributed by atoms with Crippen molar-refractivity contribution in [2.24, 2.45) is 0 Å². The van der Waals surface area contributed by atoms with Gasteiger partial charge in [0.25, 0.3) is 5.56 Å². The average Bonchev–Trinajstić information content (AvgIpc) is 3.22. The van der Waals surface area contributed by atoms with Gasteiger partial charge in [0, 0.05) is 17.9 Å². The number of benzene rings is 2. The SMILES string of the molecule is Cc1cccc(NC(=O)CSc2nc3c(c(=O)n2Cc2ccccc2)SCC3)c1C. The van der Waals surface area contributed by atoms with Crippen LogP contribution in [0.25, 0.3) is 0 Å². The number of hydrogen-bond acceptors (Lipinski definition) is 5. The lowest BCUT2D eigenvalue weighted by molar-refractivity contribution is -0.113. The molecule has 30 heavy (non-hydrogen) atoms. The summed E-state index contributed by atoms with van der Waals surface area (Å²) in [6.07, 6.45) is 0.795. The molecule has 0 aliphatic carbocycles. The van der Waals surface area contributed by atoms with Crippen molar-refractivity contribution in [3.8, 4) is 0 Å². The smallest absolute Gasteiger partial charge is 0.268 e. The third kappa shape index (κ3) is 4.47. The normalized spacial score (nSPS) is 12.6. The van der Waals surface area contributed by atoms with Crippen LogP contribution in [-0.4, -0.2) is 27.0 Å². The number of carbonyl (C=O) groups is 1. The van der Waals surface area contributed by atoms with Crippen molar-refractivity contribution >= 4 is 35.1 Å². The van der Waals surface area contributed by atoms with E-state index < -0.39 is 0 Å². The van der Waals surface area contributed by atoms with Crippen LogP contribution in [0.1, 0.15) is 22.4 Å². The molecule has 0 atom stereocenters. The van der Waals surface area contributed by atoms with Crippen LogP contribution >= 0.6 is 23.5 Å². The second kappa shape index (κ2) is 9.10. The van der Waals surface area contributed by atoms with Crippen LogP contribution in [0.4, 0.5) is 5.69 Å². The molecule has 5 nitrogen and oxygen atoms in total. The van der Waals surface area contributed by atoms with Crippen molar-refractivity contribution in [2.45, 2.75) is 36.9 Å². The highest BCUT2D eigenvalue weighted by Crippen LogP contribution is 2.29. The van der Waals surface area contributed by atoms with E-state index in [1.54, 1.807) is 16.3 Å². The topological polar surface area (TPSA) is 64.0 Å². The van der Waals surface area contributed by atoms with Crippen LogP contribution in [0.3, 0.4) is 0 Å². The maximum Gasteiger partial charge on any atom is 0.268 e. The molecule has 1 aromatic heterocycles. The summed E-state index contributed by atoms with van der Waals surface area (Å²) >= 11 is 2.89. The summed E-state index contributed by atoms with van der Waals surface area (Å²) in [6.45, 7) is 4.46. The minimum atomic E-state index is -0.107. The molecule has 1 aliphatic rings. The van der Waals surface area contributed by atoms with Gasteiger partial charge < -0.3 is 5.32 Å². The predicted molar refractivity (Wildman–Crippen MR) is 124 cm³/mol. The van der Waals surface area contributed by atoms with Crippen LogP contribution in [0, 0.1) is 13.8 Å². The van der Waals surface area contributed by atoms with Crippen LogP contribution in [-0.2, 0) is 17.8 Å². The number of thioether (sulfide) groups is 2. The summed E-state index contributed by atoms with van der Waals surface area (Å²) in [5, 5.41) is 3.58. The van der Waals surface area contributed by atoms with E-state index in [9.17, 15) is 9.59 Å². The molecule has 1 aliphatic heterocycles. The monoisotopic (exact) mass is 437 g/mol. The lowest BCUT2D eigenvalue weighted by Gasteiger charge is -2.14. The van der Waals surface area contributed by atoms with Crippen LogP contribution in [0.2, 0.25) is 0 Å². The Bertz CT molecular complexity index is 1140. The van der Waals surface area contributed by atoms with Crippen molar-refractivity contribution < 1.29 is 4.79 Å². The zero-order valence-corrected chi connectivity index (χ0v) is 18.6. The number of hydrogen-bond donors (Lipinski definition) is 1. The second-order valence-corrected chi connectivity index (χ2v) is 9.28. The molecule has 2 aromatic carbocycles. The molecule has 4 rings (SSSR count). The summed E-state index contributed by atoms with van der Waals surface area (Å²) in [6, 6.07) is 15.7. The molecule has 0 saturated heterocycles. The number of rotatable bonds is 6. The minimum Gasteiger partial charge on any atom is -0.325 e. The molecule has 0 fully saturated rings. The van der Waals surface area contributed by atoms with Gasteiger partial charge in [0.1, 0.15) is 0 Å². The molecule has 1 amide bonds. The zero-order chi connectivity index (χ0) is 21.1. The van der Waals surface area contributed by atoms with Gasteiger partial charge in [0.05, 0.1) is 22.9 Å². The second-order valence-electron chi connectivity index (χ2n) is 7.23. The zero-order valence-electron chi connectivity index (χ0n) is 17.0. The first-order valence-corrected chi connectivity index (χ1v) is 11.8. The number of carbonyl (C=O) groups excluding carboxylic acids is 1. The molecule has 0 bridgehead atoms. The highest BCUT2D eigenvalue weighted by Gasteiger charge is 2.22. The molecule has 0 spiro atoms. The highest BCUT2D eigenvalue weighted by atomic mass is 32.2. The van der Waals surface area contributed by atoms with Gasteiger partial charge in [-0.3, -0.25) is 14.2 Å². The fourth-order valence-electron chi connectivity index (χ4n) is 3.34. The number of fused-ring (bicyclic) bond motifs is 1. The van der Waals surface area contributed by atoms with Gasteiger partial charge in [0.15, 0.2) is 5.16 Å². The number of aromatic nitrogens is 2. The quantitative estimate of drug-likeness (QED) is 0.460. The molecule has 0 radical (unpaired) electrons. The predicted octanol–water partition coefficient (Wildman–Crippen LogP) is 4.29. The number of anilines is 1. The molecule has 7 heteroatoms. The number of nitrogens with zero attached hydrogens (tertiary/aromatic N) is 2. The van der Waals surface area contributed by atoms with Gasteiger partial charge in [-0.2, -0.15) is 0 Å². The molecule has 0 unspecified atom stereocenters. The Morgan fingerprint density at radius 3 is 2.77 bits per heavy atom. The lowest BCUT2D eigenvalue weighted by Crippen LogP contribution is -2.26. The van der Waals surface area contributed by atoms with Crippen LogP contribution in [0.5, 0.6) is 0 Å². The van der Waals surface area contributed by atoms with Crippen LogP contribution < -0.4 is 10.9 Å². The highest BCUT2D eigenvalue weighted by molar-refractivity contribution is 8.00. The van der Waals surface area contributed by atoms with Gasteiger partial charge in [-0.05, 0) is 36.6 Å². The third-order valence-electron chi connectivity index (χ3n) is 5.14. The summed E-state index contributed by atoms with van der Waals surface area (Å²) in [5.41, 5.74) is 4.89. The van der Waals surface area contributed by atoms with Crippen molar-refractivity contribution in [2.75, 3.05) is 16.8 Å². The molecular weight excluding hydrogens is 414 g/mol. The largest absolute Gasteiger partial charge is 0.325 e. The Hall–Kier alpha value is -2.51. The Morgan fingerprint density at radius 1 is 1.17 bits per heavy atom. The third-order valence-corrected chi connectivity index (χ3v) is 7.23. The molecule has 3 aromatic rings. The molecule has 2 heterocycles. The van der Waals surface area contributed by atoms with Crippen LogP contribution in [0.15, 0.2) is 63.4 Å². The molecule has 1 N–H and O–H groups in total. The lowest BCUT2D eigenvalue weighted by atomic mass is 10.1. The molecule has 154 valence electrons. The Balaban J connectivity index is 1.56. The van der Waals surface area contributed by atoms with E-state index in [0.29, 0.717) is 11.7 Å². The van der Waals surface area contributed by atoms with Crippen molar-refractivity contribution in [1.29, 1.82) is 0 Å². The van der Waals surface area contributed by atoms with Crippen molar-refractivity contribution in [3.63, 3.8) is 0 Å². The van der Waals surface area contributed by atoms with E-state index in [1.807, 2.05) is 62.4 Å². The first-order chi connectivity index (χ1) is 14.5. The van der Waals surface area contributed by atoms with Gasteiger partial charge >= 0.3 is 0 Å². The number of aryl methyl sites for hydroxylation is 2. The average molecular weight is 438 g/mol. The first-order valence-electron chi connectivity index (χ1n) is 9.82. The summed E-state index contributed by atoms with van der Waals surface area (Å²) < 4.78 is 1.70. The van der Waals surface area contributed by atoms with Crippen molar-refractivity contribution in [3.05, 3.63) is 81.3 Å². The van der Waals surface area contributed by atoms with E-state index in [0.717, 1.165) is 45.1 Å². The number of nitrogens with one attached hydrogen (secondary N) is 1. The van der Waals surface area contributed by atoms with Crippen molar-refractivity contribution in [1.82, 2.24) is 9.55 Å². The van der Waals surface area contributed by atoms with E-state index in [2.05, 4.69) is 5.32 Å².